The van der Waals surface area contributed by atoms with Gasteiger partial charge in [-0.3, -0.25) is 4.40 Å². The number of aromatic nitrogens is 2. The van der Waals surface area contributed by atoms with Gasteiger partial charge in [0.05, 0.1) is 5.03 Å². The molecule has 2 heterocycles. The first-order valence-electron chi connectivity index (χ1n) is 4.17. The van der Waals surface area contributed by atoms with Crippen molar-refractivity contribution in [2.24, 2.45) is 5.73 Å². The summed E-state index contributed by atoms with van der Waals surface area (Å²) >= 11 is 1.75. The van der Waals surface area contributed by atoms with E-state index < -0.39 is 0 Å². The zero-order valence-electron chi connectivity index (χ0n) is 7.18. The van der Waals surface area contributed by atoms with Crippen molar-refractivity contribution >= 4 is 17.4 Å². The number of rotatable bonds is 3. The largest absolute Gasteiger partial charge is 0.330 e. The van der Waals surface area contributed by atoms with E-state index in [0.717, 1.165) is 11.4 Å². The van der Waals surface area contributed by atoms with E-state index in [4.69, 9.17) is 5.73 Å². The van der Waals surface area contributed by atoms with Crippen LogP contribution in [-0.2, 0) is 0 Å². The van der Waals surface area contributed by atoms with Crippen molar-refractivity contribution in [3.63, 3.8) is 0 Å². The Morgan fingerprint density at radius 1 is 1.46 bits per heavy atom. The predicted octanol–water partition coefficient (Wildman–Crippen LogP) is 1.39. The molecule has 2 aromatic heterocycles. The van der Waals surface area contributed by atoms with E-state index in [2.05, 4.69) is 15.5 Å². The third-order valence-electron chi connectivity index (χ3n) is 1.76. The normalized spacial score (nSPS) is 10.8. The van der Waals surface area contributed by atoms with Gasteiger partial charge in [0.1, 0.15) is 5.65 Å². The monoisotopic (exact) mass is 193 g/mol. The summed E-state index contributed by atoms with van der Waals surface area (Å²) in [6.07, 6.45) is 3.77. The molecular formula is C9H11N3S. The van der Waals surface area contributed by atoms with Crippen molar-refractivity contribution in [3.8, 4) is 0 Å². The number of fused-ring (bicyclic) bond motifs is 1. The van der Waals surface area contributed by atoms with E-state index in [0.29, 0.717) is 6.54 Å². The van der Waals surface area contributed by atoms with Crippen molar-refractivity contribution in [3.05, 3.63) is 30.6 Å². The number of hydrogen-bond donors (Lipinski definition) is 1. The fourth-order valence-corrected chi connectivity index (χ4v) is 2.00. The minimum Gasteiger partial charge on any atom is -0.330 e. The van der Waals surface area contributed by atoms with E-state index in [1.165, 1.54) is 5.03 Å². The molecule has 0 aliphatic carbocycles. The van der Waals surface area contributed by atoms with Gasteiger partial charge in [-0.2, -0.15) is 0 Å². The van der Waals surface area contributed by atoms with Crippen LogP contribution < -0.4 is 5.73 Å². The molecule has 0 bridgehead atoms. The Labute approximate surface area is 81.0 Å². The molecule has 13 heavy (non-hydrogen) atoms. The zero-order valence-corrected chi connectivity index (χ0v) is 8.00. The lowest BCUT2D eigenvalue weighted by Gasteiger charge is -2.02. The molecule has 0 aliphatic rings. The average Bonchev–Trinajstić information content (AvgIpc) is 2.62. The Morgan fingerprint density at radius 3 is 3.23 bits per heavy atom. The molecular weight excluding hydrogens is 182 g/mol. The van der Waals surface area contributed by atoms with Crippen molar-refractivity contribution in [1.82, 2.24) is 9.38 Å². The second-order valence-electron chi connectivity index (χ2n) is 2.66. The van der Waals surface area contributed by atoms with Gasteiger partial charge in [-0.15, -0.1) is 11.8 Å². The van der Waals surface area contributed by atoms with Crippen LogP contribution in [0.2, 0.25) is 0 Å². The third-order valence-corrected chi connectivity index (χ3v) is 2.83. The van der Waals surface area contributed by atoms with Crippen molar-refractivity contribution in [1.29, 1.82) is 0 Å². The first kappa shape index (κ1) is 8.59. The molecule has 68 valence electrons. The van der Waals surface area contributed by atoms with Gasteiger partial charge in [-0.05, 0) is 12.1 Å². The molecule has 0 amide bonds. The highest BCUT2D eigenvalue weighted by atomic mass is 32.2. The molecule has 0 fully saturated rings. The Morgan fingerprint density at radius 2 is 2.38 bits per heavy atom. The number of nitrogens with zero attached hydrogens (tertiary/aromatic N) is 2. The van der Waals surface area contributed by atoms with Crippen LogP contribution in [0.4, 0.5) is 0 Å². The summed E-state index contributed by atoms with van der Waals surface area (Å²) in [6.45, 7) is 0.704. The summed E-state index contributed by atoms with van der Waals surface area (Å²) < 4.78 is 2.07. The van der Waals surface area contributed by atoms with E-state index in [1.807, 2.05) is 24.5 Å². The topological polar surface area (TPSA) is 43.3 Å². The van der Waals surface area contributed by atoms with Crippen LogP contribution >= 0.6 is 11.8 Å². The van der Waals surface area contributed by atoms with E-state index >= 15 is 0 Å². The van der Waals surface area contributed by atoms with Crippen LogP contribution in [0.1, 0.15) is 0 Å². The van der Waals surface area contributed by atoms with Crippen LogP contribution in [0, 0.1) is 0 Å². The van der Waals surface area contributed by atoms with Crippen molar-refractivity contribution < 1.29 is 0 Å². The third kappa shape index (κ3) is 1.68. The summed E-state index contributed by atoms with van der Waals surface area (Å²) in [5.74, 6) is 0.942. The van der Waals surface area contributed by atoms with E-state index in [-0.39, 0.29) is 0 Å². The molecule has 0 atom stereocenters. The Hall–Kier alpha value is -1.00. The molecule has 2 aromatic rings. The average molecular weight is 193 g/mol. The van der Waals surface area contributed by atoms with Crippen molar-refractivity contribution in [2.45, 2.75) is 5.03 Å². The lowest BCUT2D eigenvalue weighted by atomic mass is 10.5. The zero-order chi connectivity index (χ0) is 9.10. The minimum absolute atomic E-state index is 0.704. The molecule has 0 aromatic carbocycles. The first-order chi connectivity index (χ1) is 6.42. The van der Waals surface area contributed by atoms with E-state index in [9.17, 15) is 0 Å². The highest BCUT2D eigenvalue weighted by Gasteiger charge is 1.99. The summed E-state index contributed by atoms with van der Waals surface area (Å²) in [6, 6.07) is 6.09. The number of hydrogen-bond acceptors (Lipinski definition) is 3. The molecule has 0 unspecified atom stereocenters. The van der Waals surface area contributed by atoms with Crippen molar-refractivity contribution in [2.75, 3.05) is 12.3 Å². The number of thioether (sulfide) groups is 1. The summed E-state index contributed by atoms with van der Waals surface area (Å²) in [7, 11) is 0. The molecule has 0 saturated carbocycles. The molecule has 2 N–H and O–H groups in total. The van der Waals surface area contributed by atoms with Crippen LogP contribution in [0.15, 0.2) is 35.6 Å². The molecule has 0 aliphatic heterocycles. The quantitative estimate of drug-likeness (QED) is 0.749. The number of imidazole rings is 1. The standard InChI is InChI=1S/C9H11N3S/c10-4-7-13-9-3-1-2-8-11-5-6-12(8)9/h1-3,5-6H,4,7,10H2. The highest BCUT2D eigenvalue weighted by Crippen LogP contribution is 2.18. The smallest absolute Gasteiger partial charge is 0.137 e. The predicted molar refractivity (Wildman–Crippen MR) is 55.0 cm³/mol. The maximum Gasteiger partial charge on any atom is 0.137 e. The number of nitrogens with two attached hydrogens (primary N) is 1. The lowest BCUT2D eigenvalue weighted by molar-refractivity contribution is 1.02. The van der Waals surface area contributed by atoms with Gasteiger partial charge in [0.25, 0.3) is 0 Å². The summed E-state index contributed by atoms with van der Waals surface area (Å²) in [5, 5.41) is 1.19. The number of pyridine rings is 1. The van der Waals surface area contributed by atoms with Crippen LogP contribution in [0.3, 0.4) is 0 Å². The fraction of sp³-hybridized carbons (Fsp3) is 0.222. The Bertz CT molecular complexity index is 396. The van der Waals surface area contributed by atoms with Crippen LogP contribution in [0.5, 0.6) is 0 Å². The molecule has 0 saturated heterocycles. The second-order valence-corrected chi connectivity index (χ2v) is 3.77. The van der Waals surface area contributed by atoms with Crippen LogP contribution in [0.25, 0.3) is 5.65 Å². The summed E-state index contributed by atoms with van der Waals surface area (Å²) in [5.41, 5.74) is 6.44. The minimum atomic E-state index is 0.704. The molecule has 0 spiro atoms. The summed E-state index contributed by atoms with van der Waals surface area (Å²) in [4.78, 5) is 4.21. The van der Waals surface area contributed by atoms with Gasteiger partial charge in [0.2, 0.25) is 0 Å². The maximum absolute atomic E-state index is 5.45. The molecule has 3 nitrogen and oxygen atoms in total. The van der Waals surface area contributed by atoms with Gasteiger partial charge in [-0.1, -0.05) is 6.07 Å². The molecule has 0 radical (unpaired) electrons. The molecule has 2 rings (SSSR count). The van der Waals surface area contributed by atoms with Gasteiger partial charge < -0.3 is 5.73 Å². The maximum atomic E-state index is 5.45. The Balaban J connectivity index is 2.37. The van der Waals surface area contributed by atoms with Gasteiger partial charge >= 0.3 is 0 Å². The highest BCUT2D eigenvalue weighted by molar-refractivity contribution is 7.99. The molecule has 4 heteroatoms. The first-order valence-corrected chi connectivity index (χ1v) is 5.15. The van der Waals surface area contributed by atoms with Gasteiger partial charge in [0, 0.05) is 24.7 Å². The van der Waals surface area contributed by atoms with Gasteiger partial charge in [0.15, 0.2) is 0 Å². The van der Waals surface area contributed by atoms with E-state index in [1.54, 1.807) is 11.8 Å². The SMILES string of the molecule is NCCSc1cccc2nccn12. The lowest BCUT2D eigenvalue weighted by Crippen LogP contribution is -2.01. The van der Waals surface area contributed by atoms with Gasteiger partial charge in [-0.25, -0.2) is 4.98 Å². The Kier molecular flexibility index (Phi) is 2.52. The van der Waals surface area contributed by atoms with Crippen LogP contribution in [-0.4, -0.2) is 21.7 Å². The fourth-order valence-electron chi connectivity index (χ4n) is 1.20. The second kappa shape index (κ2) is 3.81.